The Kier molecular flexibility index (Phi) is 15.1. The summed E-state index contributed by atoms with van der Waals surface area (Å²) in [5.41, 5.74) is 7.29. The molecule has 19 heteroatoms. The Hall–Kier alpha value is -8.09. The molecule has 3 aliphatic rings. The van der Waals surface area contributed by atoms with Gasteiger partial charge in [-0.15, -0.1) is 0 Å². The molecule has 19 nitrogen and oxygen atoms in total. The number of carbonyl (C=O) groups excluding carboxylic acids is 8. The number of amides is 8. The van der Waals surface area contributed by atoms with Crippen molar-refractivity contribution in [3.63, 3.8) is 0 Å². The number of para-hydroxylation sites is 1. The molecule has 4 aromatic carbocycles. The highest BCUT2D eigenvalue weighted by atomic mass is 16.2. The average Bonchev–Trinajstić information content (AvgIpc) is 4.03. The molecule has 71 heavy (non-hydrogen) atoms. The molecule has 0 radical (unpaired) electrons. The first-order valence-corrected chi connectivity index (χ1v) is 24.0. The van der Waals surface area contributed by atoms with Gasteiger partial charge in [-0.3, -0.25) is 39.0 Å². The van der Waals surface area contributed by atoms with Gasteiger partial charge in [-0.2, -0.15) is 0 Å². The summed E-state index contributed by atoms with van der Waals surface area (Å²) in [6.45, 7) is 1.67. The number of nitrogens with two attached hydrogens (primary N) is 1. The van der Waals surface area contributed by atoms with Crippen LogP contribution in [0.3, 0.4) is 0 Å². The summed E-state index contributed by atoms with van der Waals surface area (Å²) < 4.78 is 0. The molecule has 2 aliphatic heterocycles. The molecule has 0 unspecified atom stereocenters. The molecule has 2 fully saturated rings. The van der Waals surface area contributed by atoms with Crippen molar-refractivity contribution in [3.05, 3.63) is 119 Å². The van der Waals surface area contributed by atoms with Crippen LogP contribution < -0.4 is 43.0 Å². The van der Waals surface area contributed by atoms with E-state index in [0.717, 1.165) is 26.6 Å². The van der Waals surface area contributed by atoms with Crippen LogP contribution in [0.4, 0.5) is 4.79 Å². The second-order valence-electron chi connectivity index (χ2n) is 18.6. The number of aromatic amines is 1. The van der Waals surface area contributed by atoms with Crippen LogP contribution in [0.1, 0.15) is 67.7 Å². The average molecular weight is 966 g/mol. The van der Waals surface area contributed by atoms with Gasteiger partial charge in [0.05, 0.1) is 12.5 Å². The van der Waals surface area contributed by atoms with Gasteiger partial charge in [0.1, 0.15) is 29.7 Å². The van der Waals surface area contributed by atoms with Gasteiger partial charge in [-0.05, 0) is 78.1 Å². The van der Waals surface area contributed by atoms with Gasteiger partial charge in [-0.25, -0.2) is 9.69 Å². The summed E-state index contributed by atoms with van der Waals surface area (Å²) >= 11 is 0. The number of H-pyrrole nitrogens is 1. The van der Waals surface area contributed by atoms with Gasteiger partial charge in [-0.1, -0.05) is 84.9 Å². The predicted octanol–water partition coefficient (Wildman–Crippen LogP) is 2.05. The van der Waals surface area contributed by atoms with Gasteiger partial charge in [0.25, 0.3) is 5.91 Å². The van der Waals surface area contributed by atoms with E-state index in [0.29, 0.717) is 35.1 Å². The Morgan fingerprint density at radius 2 is 1.42 bits per heavy atom. The molecule has 3 heterocycles. The molecule has 8 rings (SSSR count). The second-order valence-corrected chi connectivity index (χ2v) is 18.6. The summed E-state index contributed by atoms with van der Waals surface area (Å²) in [5, 5.41) is 29.9. The molecule has 370 valence electrons. The van der Waals surface area contributed by atoms with Gasteiger partial charge >= 0.3 is 6.03 Å². The Morgan fingerprint density at radius 3 is 2.17 bits per heavy atom. The Morgan fingerprint density at radius 1 is 0.761 bits per heavy atom. The van der Waals surface area contributed by atoms with Crippen molar-refractivity contribution >= 4 is 74.9 Å². The zero-order valence-corrected chi connectivity index (χ0v) is 39.4. The van der Waals surface area contributed by atoms with Gasteiger partial charge < -0.3 is 47.9 Å². The number of fused-ring (bicyclic) bond motifs is 6. The number of guanidine groups is 1. The lowest BCUT2D eigenvalue weighted by atomic mass is 9.90. The molecular weight excluding hydrogens is 907 g/mol. The molecule has 5 atom stereocenters. The van der Waals surface area contributed by atoms with Crippen molar-refractivity contribution in [2.24, 2.45) is 5.73 Å². The normalized spacial score (nSPS) is 22.5. The van der Waals surface area contributed by atoms with Crippen molar-refractivity contribution < 1.29 is 38.4 Å². The maximum absolute atomic E-state index is 15.3. The molecule has 1 spiro atoms. The van der Waals surface area contributed by atoms with E-state index in [-0.39, 0.29) is 69.8 Å². The molecule has 1 aliphatic carbocycles. The number of rotatable bonds is 9. The van der Waals surface area contributed by atoms with Gasteiger partial charge in [0.15, 0.2) is 11.7 Å². The van der Waals surface area contributed by atoms with Crippen molar-refractivity contribution in [1.82, 2.24) is 47.1 Å². The van der Waals surface area contributed by atoms with Crippen molar-refractivity contribution in [3.8, 4) is 0 Å². The summed E-state index contributed by atoms with van der Waals surface area (Å²) in [4.78, 5) is 118. The van der Waals surface area contributed by atoms with E-state index in [1.807, 2.05) is 66.7 Å². The lowest BCUT2D eigenvalue weighted by molar-refractivity contribution is -0.144. The maximum Gasteiger partial charge on any atom is 0.325 e. The van der Waals surface area contributed by atoms with E-state index in [9.17, 15) is 28.8 Å². The smallest absolute Gasteiger partial charge is 0.325 e. The first-order chi connectivity index (χ1) is 34.2. The molecule has 0 saturated carbocycles. The van der Waals surface area contributed by atoms with Crippen molar-refractivity contribution in [2.75, 3.05) is 13.1 Å². The molecule has 2 bridgehead atoms. The third kappa shape index (κ3) is 11.4. The van der Waals surface area contributed by atoms with Crippen LogP contribution in [0.25, 0.3) is 21.7 Å². The molecule has 2 saturated heterocycles. The third-order valence-electron chi connectivity index (χ3n) is 13.6. The minimum absolute atomic E-state index is 0.000287. The largest absolute Gasteiger partial charge is 0.370 e. The summed E-state index contributed by atoms with van der Waals surface area (Å²) in [7, 11) is 0. The number of hydrogen-bond acceptors (Lipinski definition) is 9. The number of hydrogen-bond donors (Lipinski definition) is 10. The highest BCUT2D eigenvalue weighted by molar-refractivity contribution is 6.11. The summed E-state index contributed by atoms with van der Waals surface area (Å²) in [6, 6.07) is 20.8. The zero-order valence-electron chi connectivity index (χ0n) is 39.4. The standard InChI is InChI=1S/C52H59N11O8/c1-30(64)38-16-8-9-21-55-44(65)26-43-48(69)63(51(71)62-43)52(27-34-13-4-5-14-35(34)28-52)49(70)61-41(24-31-19-20-32-11-2-3-12-33(32)23-31)46(67)59-40(18-10-22-56-50(53)54)45(66)60-42(47(68)58-38)25-36-29-57-39-17-7-6-15-37(36)39/h2-7,11-15,17,19-20,23,29,38,40-43,57H,8-10,16,18,21-22,24-28H2,1H3,(H,55,65)(H,58,68)(H,59,67)(H,60,66)(H,61,70)(H,62,71)(H4,53,54,56)/t38-,40-,41+,42-,43-/m0/s1. The van der Waals surface area contributed by atoms with Gasteiger partial charge in [0, 0.05) is 55.9 Å². The fourth-order valence-electron chi connectivity index (χ4n) is 9.87. The number of Topliss-reactive ketones (excluding diaryl/α,β-unsaturated/α-hetero) is 1. The van der Waals surface area contributed by atoms with E-state index < -0.39 is 83.6 Å². The SMILES string of the molecule is CC(=O)[C@@H]1CCCCNC(=O)C[C@@H]2NC(=O)N(C2=O)C2(Cc3ccccc3C2)C(=O)N[C@H](Cc2ccc3ccccc3c2)C(=O)N[C@@H](CCCNC(=N)N)C(=O)N[C@@H](Cc2c[nH]c3ccccc23)C(=O)N1. The number of nitrogens with one attached hydrogen (secondary N) is 9. The highest BCUT2D eigenvalue weighted by Gasteiger charge is 2.58. The van der Waals surface area contributed by atoms with Crippen molar-refractivity contribution in [2.45, 2.75) is 107 Å². The van der Waals surface area contributed by atoms with Crippen LogP contribution in [0, 0.1) is 5.41 Å². The Labute approximate surface area is 409 Å². The van der Waals surface area contributed by atoms with E-state index in [2.05, 4.69) is 42.2 Å². The number of benzene rings is 4. The van der Waals surface area contributed by atoms with Crippen LogP contribution in [0.5, 0.6) is 0 Å². The fourth-order valence-corrected chi connectivity index (χ4v) is 9.87. The van der Waals surface area contributed by atoms with Crippen molar-refractivity contribution in [1.29, 1.82) is 5.41 Å². The first-order valence-electron chi connectivity index (χ1n) is 24.0. The number of aromatic nitrogens is 1. The number of imide groups is 1. The number of ketones is 1. The molecule has 5 aromatic rings. The lowest BCUT2D eigenvalue weighted by Crippen LogP contribution is -2.65. The predicted molar refractivity (Wildman–Crippen MR) is 264 cm³/mol. The van der Waals surface area contributed by atoms with Crippen LogP contribution in [-0.2, 0) is 59.2 Å². The van der Waals surface area contributed by atoms with Crippen LogP contribution >= 0.6 is 0 Å². The monoisotopic (exact) mass is 965 g/mol. The van der Waals surface area contributed by atoms with E-state index >= 15 is 9.59 Å². The lowest BCUT2D eigenvalue weighted by Gasteiger charge is -2.36. The van der Waals surface area contributed by atoms with E-state index in [4.69, 9.17) is 11.1 Å². The van der Waals surface area contributed by atoms with Gasteiger partial charge in [0.2, 0.25) is 29.5 Å². The minimum Gasteiger partial charge on any atom is -0.370 e. The molecule has 8 amide bonds. The number of carbonyl (C=O) groups is 8. The molecular formula is C52H59N11O8. The fraction of sp³-hybridized carbons (Fsp3) is 0.365. The topological polar surface area (TPSA) is 290 Å². The summed E-state index contributed by atoms with van der Waals surface area (Å²) in [5.74, 6) is -4.88. The highest BCUT2D eigenvalue weighted by Crippen LogP contribution is 2.38. The van der Waals surface area contributed by atoms with E-state index in [1.54, 1.807) is 30.5 Å². The second kappa shape index (κ2) is 21.7. The van der Waals surface area contributed by atoms with Crippen LogP contribution in [-0.4, -0.2) is 112 Å². The maximum atomic E-state index is 15.3. The number of urea groups is 1. The molecule has 1 aromatic heterocycles. The Balaban J connectivity index is 1.18. The zero-order chi connectivity index (χ0) is 50.2. The summed E-state index contributed by atoms with van der Waals surface area (Å²) in [6.07, 6.45) is 2.31. The molecule has 11 N–H and O–H groups in total. The van der Waals surface area contributed by atoms with Crippen LogP contribution in [0.2, 0.25) is 0 Å². The Bertz CT molecular complexity index is 2870. The minimum atomic E-state index is -1.86. The third-order valence-corrected chi connectivity index (χ3v) is 13.6. The number of nitrogens with zero attached hydrogens (tertiary/aromatic N) is 1. The first kappa shape index (κ1) is 49.3. The quantitative estimate of drug-likeness (QED) is 0.0444. The van der Waals surface area contributed by atoms with Crippen LogP contribution in [0.15, 0.2) is 97.2 Å². The van der Waals surface area contributed by atoms with E-state index in [1.165, 1.54) is 6.92 Å².